The maximum Gasteiger partial charge on any atom is 0.230 e. The van der Waals surface area contributed by atoms with Gasteiger partial charge in [-0.2, -0.15) is 4.52 Å². The molecule has 0 aliphatic carbocycles. The summed E-state index contributed by atoms with van der Waals surface area (Å²) in [5.74, 6) is -0.0685. The number of aromatic nitrogens is 3. The first-order valence-corrected chi connectivity index (χ1v) is 10.2. The molecule has 3 heterocycles. The first-order chi connectivity index (χ1) is 13.5. The molecule has 0 bridgehead atoms. The molecule has 1 saturated heterocycles. The van der Waals surface area contributed by atoms with Gasteiger partial charge in [0.1, 0.15) is 5.82 Å². The topological polar surface area (TPSA) is 96.8 Å². The van der Waals surface area contributed by atoms with E-state index in [0.29, 0.717) is 48.0 Å². The average molecular weight is 403 g/mol. The van der Waals surface area contributed by atoms with Gasteiger partial charge in [-0.3, -0.25) is 9.69 Å². The number of thiazole rings is 1. The fourth-order valence-electron chi connectivity index (χ4n) is 3.77. The molecule has 2 aromatic heterocycles. The smallest absolute Gasteiger partial charge is 0.230 e. The van der Waals surface area contributed by atoms with Crippen LogP contribution < -0.4 is 5.73 Å². The summed E-state index contributed by atoms with van der Waals surface area (Å²) in [5, 5.41) is 15.2. The Hall–Kier alpha value is -2.52. The predicted molar refractivity (Wildman–Crippen MR) is 104 cm³/mol. The number of nitrogens with two attached hydrogens (primary N) is 1. The number of carbonyl (C=O) groups is 1. The van der Waals surface area contributed by atoms with Crippen molar-refractivity contribution in [3.8, 4) is 5.88 Å². The van der Waals surface area contributed by atoms with Crippen molar-refractivity contribution in [2.75, 3.05) is 13.1 Å². The van der Waals surface area contributed by atoms with E-state index in [9.17, 15) is 14.3 Å². The highest BCUT2D eigenvalue weighted by Crippen LogP contribution is 2.41. The minimum absolute atomic E-state index is 0.0264. The molecule has 148 valence electrons. The van der Waals surface area contributed by atoms with Crippen molar-refractivity contribution in [3.63, 3.8) is 0 Å². The summed E-state index contributed by atoms with van der Waals surface area (Å²) in [6.07, 6.45) is 1.96. The third kappa shape index (κ3) is 3.35. The number of aromatic hydroxyl groups is 1. The van der Waals surface area contributed by atoms with Crippen LogP contribution in [0.2, 0.25) is 0 Å². The van der Waals surface area contributed by atoms with Crippen LogP contribution >= 0.6 is 11.3 Å². The number of carbonyl (C=O) groups excluding carboxylic acids is 1. The molecule has 7 nitrogen and oxygen atoms in total. The number of fused-ring (bicyclic) bond motifs is 1. The van der Waals surface area contributed by atoms with Gasteiger partial charge in [0.25, 0.3) is 0 Å². The van der Waals surface area contributed by atoms with Crippen LogP contribution in [0.25, 0.3) is 4.96 Å². The number of rotatable bonds is 5. The quantitative estimate of drug-likeness (QED) is 0.682. The predicted octanol–water partition coefficient (Wildman–Crippen LogP) is 2.48. The maximum atomic E-state index is 14.0. The molecule has 3 aromatic rings. The third-order valence-electron chi connectivity index (χ3n) is 5.27. The highest BCUT2D eigenvalue weighted by Gasteiger charge is 2.33. The normalized spacial score (nSPS) is 17.2. The molecule has 1 aliphatic heterocycles. The van der Waals surface area contributed by atoms with E-state index in [2.05, 4.69) is 15.0 Å². The molecule has 0 saturated carbocycles. The van der Waals surface area contributed by atoms with Crippen LogP contribution in [0.5, 0.6) is 5.88 Å². The fourth-order valence-corrected chi connectivity index (χ4v) is 4.90. The number of nitrogens with zero attached hydrogens (tertiary/aromatic N) is 4. The molecule has 1 amide bonds. The standard InChI is InChI=1S/C19H22FN5O2S/c1-2-14-22-19-25(23-14)18(27)16(28-19)15(12-4-3-5-13(20)10-12)24-8-6-11(7-9-24)17(21)26/h3-5,10-11,15,27H,2,6-9H2,1H3,(H2,21,26)/t15-/m1/s1. The Kier molecular flexibility index (Phi) is 5.03. The Morgan fingerprint density at radius 2 is 2.18 bits per heavy atom. The van der Waals surface area contributed by atoms with Crippen molar-refractivity contribution in [2.45, 2.75) is 32.2 Å². The van der Waals surface area contributed by atoms with Crippen molar-refractivity contribution in [1.29, 1.82) is 0 Å². The van der Waals surface area contributed by atoms with E-state index in [1.54, 1.807) is 6.07 Å². The number of aryl methyl sites for hydroxylation is 1. The zero-order chi connectivity index (χ0) is 19.8. The van der Waals surface area contributed by atoms with Crippen LogP contribution in [0.1, 0.15) is 42.1 Å². The number of primary amides is 1. The Bertz CT molecular complexity index is 1010. The largest absolute Gasteiger partial charge is 0.492 e. The van der Waals surface area contributed by atoms with E-state index in [1.807, 2.05) is 13.0 Å². The summed E-state index contributed by atoms with van der Waals surface area (Å²) in [4.78, 5) is 19.4. The van der Waals surface area contributed by atoms with Crippen LogP contribution in [0.4, 0.5) is 4.39 Å². The van der Waals surface area contributed by atoms with Crippen molar-refractivity contribution in [3.05, 3.63) is 46.3 Å². The number of hydrogen-bond donors (Lipinski definition) is 2. The lowest BCUT2D eigenvalue weighted by molar-refractivity contribution is -0.123. The molecule has 28 heavy (non-hydrogen) atoms. The number of hydrogen-bond acceptors (Lipinski definition) is 6. The molecule has 0 radical (unpaired) electrons. The molecule has 0 unspecified atom stereocenters. The highest BCUT2D eigenvalue weighted by atomic mass is 32.1. The molecule has 1 atom stereocenters. The number of amides is 1. The molecule has 1 fully saturated rings. The van der Waals surface area contributed by atoms with Crippen LogP contribution in [-0.2, 0) is 11.2 Å². The Balaban J connectivity index is 1.74. The molecule has 3 N–H and O–H groups in total. The fraction of sp³-hybridized carbons (Fsp3) is 0.421. The Labute approximate surface area is 165 Å². The van der Waals surface area contributed by atoms with Crippen LogP contribution in [-0.4, -0.2) is 43.6 Å². The molecular weight excluding hydrogens is 381 g/mol. The van der Waals surface area contributed by atoms with Crippen molar-refractivity contribution in [2.24, 2.45) is 11.7 Å². The third-order valence-corrected chi connectivity index (χ3v) is 6.34. The highest BCUT2D eigenvalue weighted by molar-refractivity contribution is 7.17. The van der Waals surface area contributed by atoms with Gasteiger partial charge in [0, 0.05) is 12.3 Å². The van der Waals surface area contributed by atoms with E-state index in [4.69, 9.17) is 5.73 Å². The summed E-state index contributed by atoms with van der Waals surface area (Å²) < 4.78 is 15.4. The zero-order valence-corrected chi connectivity index (χ0v) is 16.3. The molecule has 1 aliphatic rings. The molecular formula is C19H22FN5O2S. The summed E-state index contributed by atoms with van der Waals surface area (Å²) in [6, 6.07) is 6.05. The van der Waals surface area contributed by atoms with Crippen molar-refractivity contribution in [1.82, 2.24) is 19.5 Å². The lowest BCUT2D eigenvalue weighted by Gasteiger charge is -2.36. The van der Waals surface area contributed by atoms with Crippen molar-refractivity contribution >= 4 is 22.2 Å². The van der Waals surface area contributed by atoms with Gasteiger partial charge in [-0.15, -0.1) is 5.10 Å². The van der Waals surface area contributed by atoms with Crippen molar-refractivity contribution < 1.29 is 14.3 Å². The Morgan fingerprint density at radius 1 is 1.43 bits per heavy atom. The number of halogens is 1. The van der Waals surface area contributed by atoms with E-state index < -0.39 is 0 Å². The molecule has 9 heteroatoms. The molecule has 1 aromatic carbocycles. The van der Waals surface area contributed by atoms with Crippen LogP contribution in [0.15, 0.2) is 24.3 Å². The first-order valence-electron chi connectivity index (χ1n) is 9.34. The van der Waals surface area contributed by atoms with E-state index in [0.717, 1.165) is 5.56 Å². The van der Waals surface area contributed by atoms with E-state index >= 15 is 0 Å². The number of benzene rings is 1. The minimum Gasteiger partial charge on any atom is -0.492 e. The van der Waals surface area contributed by atoms with Crippen LogP contribution in [0.3, 0.4) is 0 Å². The SMILES string of the molecule is CCc1nc2sc([C@@H](c3cccc(F)c3)N3CCC(C(N)=O)CC3)c(O)n2n1. The summed E-state index contributed by atoms with van der Waals surface area (Å²) >= 11 is 1.35. The summed E-state index contributed by atoms with van der Waals surface area (Å²) in [6.45, 7) is 3.21. The minimum atomic E-state index is -0.344. The lowest BCUT2D eigenvalue weighted by Crippen LogP contribution is -2.40. The second-order valence-corrected chi connectivity index (χ2v) is 8.05. The van der Waals surface area contributed by atoms with Gasteiger partial charge < -0.3 is 10.8 Å². The van der Waals surface area contributed by atoms with Crippen LogP contribution in [0, 0.1) is 11.7 Å². The molecule has 4 rings (SSSR count). The van der Waals surface area contributed by atoms with Gasteiger partial charge >= 0.3 is 0 Å². The zero-order valence-electron chi connectivity index (χ0n) is 15.5. The monoisotopic (exact) mass is 403 g/mol. The van der Waals surface area contributed by atoms with Gasteiger partial charge in [0.15, 0.2) is 5.82 Å². The average Bonchev–Trinajstić information content (AvgIpc) is 3.22. The maximum absolute atomic E-state index is 14.0. The second kappa shape index (κ2) is 7.48. The van der Waals surface area contributed by atoms with Gasteiger partial charge in [-0.25, -0.2) is 9.37 Å². The summed E-state index contributed by atoms with van der Waals surface area (Å²) in [7, 11) is 0. The first kappa shape index (κ1) is 18.8. The summed E-state index contributed by atoms with van der Waals surface area (Å²) in [5.41, 5.74) is 6.20. The number of likely N-dealkylation sites (tertiary alicyclic amines) is 1. The Morgan fingerprint density at radius 3 is 2.79 bits per heavy atom. The van der Waals surface area contributed by atoms with Gasteiger partial charge in [0.2, 0.25) is 16.7 Å². The molecule has 0 spiro atoms. The second-order valence-electron chi connectivity index (χ2n) is 7.04. The van der Waals surface area contributed by atoms with E-state index in [-0.39, 0.29) is 29.6 Å². The number of piperidine rings is 1. The van der Waals surface area contributed by atoms with E-state index in [1.165, 1.54) is 28.0 Å². The van der Waals surface area contributed by atoms with Gasteiger partial charge in [0.05, 0.1) is 10.9 Å². The van der Waals surface area contributed by atoms with Gasteiger partial charge in [-0.1, -0.05) is 30.4 Å². The van der Waals surface area contributed by atoms with Gasteiger partial charge in [-0.05, 0) is 43.6 Å². The lowest BCUT2D eigenvalue weighted by atomic mass is 9.93.